The lowest BCUT2D eigenvalue weighted by Gasteiger charge is -2.46. The molecule has 1 saturated heterocycles. The number of carbonyl (C=O) groups excluding carboxylic acids is 1. The lowest BCUT2D eigenvalue weighted by Crippen LogP contribution is -2.69. The molecule has 0 aromatic rings. The molecule has 106 valence electrons. The lowest BCUT2D eigenvalue weighted by atomic mass is 9.93. The van der Waals surface area contributed by atoms with Crippen LogP contribution in [0.1, 0.15) is 34.6 Å². The molecule has 1 fully saturated rings. The van der Waals surface area contributed by atoms with Crippen molar-refractivity contribution >= 4 is 5.97 Å². The molecule has 0 aromatic heterocycles. The number of hydrogen-bond donors (Lipinski definition) is 1. The van der Waals surface area contributed by atoms with Crippen molar-refractivity contribution in [3.63, 3.8) is 0 Å². The van der Waals surface area contributed by atoms with Crippen LogP contribution < -0.4 is 5.73 Å². The van der Waals surface area contributed by atoms with Gasteiger partial charge in [-0.15, -0.1) is 0 Å². The first-order valence-corrected chi connectivity index (χ1v) is 6.68. The van der Waals surface area contributed by atoms with Crippen molar-refractivity contribution in [2.75, 3.05) is 19.7 Å². The maximum absolute atomic E-state index is 12.2. The molecule has 5 nitrogen and oxygen atoms in total. The Kier molecular flexibility index (Phi) is 5.13. The predicted octanol–water partition coefficient (Wildman–Crippen LogP) is 0.970. The van der Waals surface area contributed by atoms with E-state index in [0.29, 0.717) is 19.7 Å². The summed E-state index contributed by atoms with van der Waals surface area (Å²) in [4.78, 5) is 14.2. The van der Waals surface area contributed by atoms with Gasteiger partial charge in [-0.1, -0.05) is 13.8 Å². The molecule has 1 rings (SSSR count). The van der Waals surface area contributed by atoms with Crippen LogP contribution in [0.2, 0.25) is 0 Å². The maximum Gasteiger partial charge on any atom is 0.341 e. The smallest absolute Gasteiger partial charge is 0.341 e. The zero-order valence-corrected chi connectivity index (χ0v) is 12.1. The summed E-state index contributed by atoms with van der Waals surface area (Å²) >= 11 is 0. The monoisotopic (exact) mass is 258 g/mol. The summed E-state index contributed by atoms with van der Waals surface area (Å²) in [6, 6.07) is 0. The molecule has 1 heterocycles. The second-order valence-electron chi connectivity index (χ2n) is 5.36. The molecule has 0 spiro atoms. The predicted molar refractivity (Wildman–Crippen MR) is 70.0 cm³/mol. The Morgan fingerprint density at radius 3 is 2.33 bits per heavy atom. The summed E-state index contributed by atoms with van der Waals surface area (Å²) in [6.07, 6.45) is 0.148. The van der Waals surface area contributed by atoms with Crippen LogP contribution in [0.4, 0.5) is 0 Å². The quantitative estimate of drug-likeness (QED) is 0.761. The first-order valence-electron chi connectivity index (χ1n) is 6.68. The SMILES string of the molecule is CCOC(=O)[C@@](N)(C(C)C)N1CC(C)OC(C)C1. The van der Waals surface area contributed by atoms with Crippen LogP contribution in [0.15, 0.2) is 0 Å². The van der Waals surface area contributed by atoms with Gasteiger partial charge in [0.15, 0.2) is 5.66 Å². The van der Waals surface area contributed by atoms with Gasteiger partial charge < -0.3 is 15.2 Å². The molecule has 1 aliphatic rings. The largest absolute Gasteiger partial charge is 0.464 e. The molecule has 0 radical (unpaired) electrons. The number of esters is 1. The van der Waals surface area contributed by atoms with E-state index in [0.717, 1.165) is 0 Å². The average molecular weight is 258 g/mol. The third-order valence-corrected chi connectivity index (χ3v) is 3.43. The molecule has 0 amide bonds. The van der Waals surface area contributed by atoms with Crippen LogP contribution in [0.5, 0.6) is 0 Å². The summed E-state index contributed by atoms with van der Waals surface area (Å²) in [7, 11) is 0. The topological polar surface area (TPSA) is 64.8 Å². The van der Waals surface area contributed by atoms with Crippen LogP contribution in [0.3, 0.4) is 0 Å². The van der Waals surface area contributed by atoms with Gasteiger partial charge in [-0.05, 0) is 26.7 Å². The van der Waals surface area contributed by atoms with Gasteiger partial charge in [-0.25, -0.2) is 4.79 Å². The van der Waals surface area contributed by atoms with Gasteiger partial charge in [-0.3, -0.25) is 4.90 Å². The standard InChI is InChI=1S/C13H26N2O3/c1-6-17-12(16)13(14,9(2)3)15-7-10(4)18-11(5)8-15/h9-11H,6-8,14H2,1-5H3/t10?,11?,13-/m1/s1. The molecule has 2 unspecified atom stereocenters. The molecular weight excluding hydrogens is 232 g/mol. The summed E-state index contributed by atoms with van der Waals surface area (Å²) in [5.41, 5.74) is 5.30. The summed E-state index contributed by atoms with van der Waals surface area (Å²) in [5, 5.41) is 0. The molecule has 0 aliphatic carbocycles. The Balaban J connectivity index is 2.93. The summed E-state index contributed by atoms with van der Waals surface area (Å²) in [5.74, 6) is -0.365. The zero-order valence-electron chi connectivity index (χ0n) is 12.1. The van der Waals surface area contributed by atoms with E-state index >= 15 is 0 Å². The second-order valence-corrected chi connectivity index (χ2v) is 5.36. The van der Waals surface area contributed by atoms with Crippen LogP contribution in [0.25, 0.3) is 0 Å². The molecule has 18 heavy (non-hydrogen) atoms. The first-order chi connectivity index (χ1) is 8.32. The van der Waals surface area contributed by atoms with Gasteiger partial charge in [0.2, 0.25) is 0 Å². The number of carbonyl (C=O) groups is 1. The highest BCUT2D eigenvalue weighted by molar-refractivity contribution is 5.80. The van der Waals surface area contributed by atoms with Crippen LogP contribution in [0, 0.1) is 5.92 Å². The van der Waals surface area contributed by atoms with E-state index in [2.05, 4.69) is 0 Å². The third kappa shape index (κ3) is 3.02. The molecule has 3 atom stereocenters. The number of morpholine rings is 1. The van der Waals surface area contributed by atoms with E-state index in [1.165, 1.54) is 0 Å². The zero-order chi connectivity index (χ0) is 13.9. The van der Waals surface area contributed by atoms with E-state index in [1.807, 2.05) is 32.6 Å². The van der Waals surface area contributed by atoms with Gasteiger partial charge >= 0.3 is 5.97 Å². The fourth-order valence-corrected chi connectivity index (χ4v) is 2.46. The number of nitrogens with zero attached hydrogens (tertiary/aromatic N) is 1. The van der Waals surface area contributed by atoms with Crippen molar-refractivity contribution in [1.82, 2.24) is 4.90 Å². The maximum atomic E-state index is 12.2. The molecular formula is C13H26N2O3. The van der Waals surface area contributed by atoms with Gasteiger partial charge in [0.25, 0.3) is 0 Å². The highest BCUT2D eigenvalue weighted by atomic mass is 16.5. The van der Waals surface area contributed by atoms with Gasteiger partial charge in [-0.2, -0.15) is 0 Å². The lowest BCUT2D eigenvalue weighted by molar-refractivity contribution is -0.172. The molecule has 5 heteroatoms. The van der Waals surface area contributed by atoms with E-state index in [1.54, 1.807) is 6.92 Å². The van der Waals surface area contributed by atoms with Gasteiger partial charge in [0.1, 0.15) is 0 Å². The number of hydrogen-bond acceptors (Lipinski definition) is 5. The van der Waals surface area contributed by atoms with Crippen molar-refractivity contribution in [2.45, 2.75) is 52.5 Å². The summed E-state index contributed by atoms with van der Waals surface area (Å²) < 4.78 is 10.8. The number of rotatable bonds is 4. The minimum absolute atomic E-state index is 0.0194. The molecule has 0 saturated carbocycles. The van der Waals surface area contributed by atoms with Crippen molar-refractivity contribution in [2.24, 2.45) is 11.7 Å². The van der Waals surface area contributed by atoms with E-state index in [4.69, 9.17) is 15.2 Å². The highest BCUT2D eigenvalue weighted by Gasteiger charge is 2.46. The highest BCUT2D eigenvalue weighted by Crippen LogP contribution is 2.25. The van der Waals surface area contributed by atoms with Crippen LogP contribution >= 0.6 is 0 Å². The van der Waals surface area contributed by atoms with Crippen molar-refractivity contribution in [3.8, 4) is 0 Å². The van der Waals surface area contributed by atoms with E-state index in [-0.39, 0.29) is 24.1 Å². The Bertz CT molecular complexity index is 286. The van der Waals surface area contributed by atoms with Gasteiger partial charge in [0.05, 0.1) is 18.8 Å². The first kappa shape index (κ1) is 15.4. The normalized spacial score (nSPS) is 29.1. The Hall–Kier alpha value is -0.650. The summed E-state index contributed by atoms with van der Waals surface area (Å²) in [6.45, 7) is 11.3. The van der Waals surface area contributed by atoms with E-state index < -0.39 is 5.66 Å². The minimum atomic E-state index is -1.07. The number of ether oxygens (including phenoxy) is 2. The Morgan fingerprint density at radius 1 is 1.44 bits per heavy atom. The fraction of sp³-hybridized carbons (Fsp3) is 0.923. The second kappa shape index (κ2) is 5.99. The minimum Gasteiger partial charge on any atom is -0.464 e. The van der Waals surface area contributed by atoms with Crippen molar-refractivity contribution in [3.05, 3.63) is 0 Å². The Morgan fingerprint density at radius 2 is 1.94 bits per heavy atom. The van der Waals surface area contributed by atoms with Crippen molar-refractivity contribution in [1.29, 1.82) is 0 Å². The van der Waals surface area contributed by atoms with Crippen molar-refractivity contribution < 1.29 is 14.3 Å². The molecule has 1 aliphatic heterocycles. The fourth-order valence-electron chi connectivity index (χ4n) is 2.46. The molecule has 0 aromatic carbocycles. The Labute approximate surface area is 110 Å². The van der Waals surface area contributed by atoms with Gasteiger partial charge in [0, 0.05) is 13.1 Å². The van der Waals surface area contributed by atoms with Crippen LogP contribution in [-0.4, -0.2) is 48.4 Å². The third-order valence-electron chi connectivity index (χ3n) is 3.43. The molecule has 2 N–H and O–H groups in total. The van der Waals surface area contributed by atoms with Crippen LogP contribution in [-0.2, 0) is 14.3 Å². The average Bonchev–Trinajstić information content (AvgIpc) is 2.26. The molecule has 0 bridgehead atoms. The number of nitrogens with two attached hydrogens (primary N) is 1. The van der Waals surface area contributed by atoms with E-state index in [9.17, 15) is 4.79 Å².